The molecule has 3 unspecified atom stereocenters. The lowest BCUT2D eigenvalue weighted by Gasteiger charge is -2.43. The van der Waals surface area contributed by atoms with Crippen LogP contribution in [0.1, 0.15) is 39.0 Å². The Morgan fingerprint density at radius 2 is 1.75 bits per heavy atom. The molecule has 0 bridgehead atoms. The maximum absolute atomic E-state index is 13.7. The molecule has 0 spiro atoms. The summed E-state index contributed by atoms with van der Waals surface area (Å²) in [7, 11) is 0. The van der Waals surface area contributed by atoms with E-state index in [1.807, 2.05) is 6.92 Å². The highest BCUT2D eigenvalue weighted by Gasteiger charge is 2.74. The lowest BCUT2D eigenvalue weighted by Crippen LogP contribution is -2.62. The van der Waals surface area contributed by atoms with Crippen LogP contribution in [-0.4, -0.2) is 35.9 Å². The fourth-order valence-electron chi connectivity index (χ4n) is 2.16. The minimum atomic E-state index is -5.66. The zero-order valence-corrected chi connectivity index (χ0v) is 11.7. The van der Waals surface area contributed by atoms with Gasteiger partial charge in [0, 0.05) is 19.4 Å². The molecule has 20 heavy (non-hydrogen) atoms. The molecule has 0 heterocycles. The van der Waals surface area contributed by atoms with Gasteiger partial charge in [0.05, 0.1) is 11.5 Å². The Morgan fingerprint density at radius 3 is 2.25 bits per heavy atom. The van der Waals surface area contributed by atoms with Gasteiger partial charge in [0.1, 0.15) is 0 Å². The highest BCUT2D eigenvalue weighted by atomic mass is 35.5. The summed E-state index contributed by atoms with van der Waals surface area (Å²) in [6.45, 7) is 2.06. The minimum Gasteiger partial charge on any atom is -0.376 e. The summed E-state index contributed by atoms with van der Waals surface area (Å²) in [5.74, 6) is -4.54. The van der Waals surface area contributed by atoms with Gasteiger partial charge < -0.3 is 4.74 Å². The number of hydrogen-bond acceptors (Lipinski definition) is 1. The number of rotatable bonds is 5. The number of unbranched alkanes of at least 4 members (excludes halogenated alkanes) is 2. The van der Waals surface area contributed by atoms with Gasteiger partial charge >= 0.3 is 6.18 Å². The minimum absolute atomic E-state index is 0.128. The number of hydrogen-bond donors (Lipinski definition) is 0. The lowest BCUT2D eigenvalue weighted by atomic mass is 9.80. The van der Waals surface area contributed by atoms with Gasteiger partial charge in [-0.15, -0.1) is 11.6 Å². The zero-order chi connectivity index (χ0) is 15.6. The van der Waals surface area contributed by atoms with Crippen LogP contribution >= 0.6 is 11.6 Å². The molecule has 0 aromatic heterocycles. The first-order valence-corrected chi connectivity index (χ1v) is 6.88. The third-order valence-corrected chi connectivity index (χ3v) is 3.88. The van der Waals surface area contributed by atoms with E-state index in [0.717, 1.165) is 12.8 Å². The highest BCUT2D eigenvalue weighted by molar-refractivity contribution is 6.21. The van der Waals surface area contributed by atoms with E-state index >= 15 is 0 Å². The number of alkyl halides is 7. The van der Waals surface area contributed by atoms with Crippen LogP contribution in [0.15, 0.2) is 0 Å². The van der Waals surface area contributed by atoms with Crippen molar-refractivity contribution in [3.05, 3.63) is 0 Å². The molecule has 8 heteroatoms. The Kier molecular flexibility index (Phi) is 5.63. The Morgan fingerprint density at radius 1 is 1.15 bits per heavy atom. The van der Waals surface area contributed by atoms with Gasteiger partial charge in [-0.2, -0.15) is 13.2 Å². The van der Waals surface area contributed by atoms with Gasteiger partial charge in [-0.05, 0) is 6.42 Å². The molecule has 0 aromatic rings. The predicted octanol–water partition coefficient (Wildman–Crippen LogP) is 4.87. The van der Waals surface area contributed by atoms with Gasteiger partial charge in [-0.3, -0.25) is 0 Å². The first kappa shape index (κ1) is 17.9. The first-order valence-electron chi connectivity index (χ1n) is 6.44. The van der Waals surface area contributed by atoms with Crippen molar-refractivity contribution in [3.63, 3.8) is 0 Å². The standard InChI is InChI=1S/C12H17ClF6O/c1-2-3-4-5-20-9-7-11(15,16)10(14,6-8(9)13)12(17,18)19/h8-9H,2-7H2,1H3. The van der Waals surface area contributed by atoms with Crippen LogP contribution in [0, 0.1) is 0 Å². The molecule has 120 valence electrons. The smallest absolute Gasteiger partial charge is 0.376 e. The Bertz CT molecular complexity index is 322. The molecule has 0 N–H and O–H groups in total. The van der Waals surface area contributed by atoms with Gasteiger partial charge in [0.25, 0.3) is 11.6 Å². The molecule has 1 rings (SSSR count). The van der Waals surface area contributed by atoms with Crippen molar-refractivity contribution in [1.29, 1.82) is 0 Å². The van der Waals surface area contributed by atoms with Crippen LogP contribution in [0.5, 0.6) is 0 Å². The largest absolute Gasteiger partial charge is 0.428 e. The molecule has 1 aliphatic carbocycles. The van der Waals surface area contributed by atoms with Crippen molar-refractivity contribution in [2.45, 2.75) is 68.3 Å². The molecule has 0 amide bonds. The quantitative estimate of drug-likeness (QED) is 0.398. The summed E-state index contributed by atoms with van der Waals surface area (Å²) in [6.07, 6.45) is -7.48. The molecular weight excluding hydrogens is 310 g/mol. The molecule has 0 saturated heterocycles. The highest BCUT2D eigenvalue weighted by Crippen LogP contribution is 2.54. The van der Waals surface area contributed by atoms with Gasteiger partial charge in [0.2, 0.25) is 0 Å². The summed E-state index contributed by atoms with van der Waals surface area (Å²) in [6, 6.07) is 0. The Hall–Kier alpha value is -0.170. The van der Waals surface area contributed by atoms with Crippen LogP contribution in [0.2, 0.25) is 0 Å². The van der Waals surface area contributed by atoms with Crippen LogP contribution in [0.4, 0.5) is 26.3 Å². The van der Waals surface area contributed by atoms with Crippen LogP contribution in [0.25, 0.3) is 0 Å². The van der Waals surface area contributed by atoms with Crippen molar-refractivity contribution in [2.24, 2.45) is 0 Å². The molecular formula is C12H17ClF6O. The maximum atomic E-state index is 13.7. The zero-order valence-electron chi connectivity index (χ0n) is 11.0. The van der Waals surface area contributed by atoms with Crippen molar-refractivity contribution in [3.8, 4) is 0 Å². The van der Waals surface area contributed by atoms with E-state index in [2.05, 4.69) is 0 Å². The SMILES string of the molecule is CCCCCOC1CC(F)(F)C(F)(C(F)(F)F)CC1Cl. The number of halogens is 7. The van der Waals surface area contributed by atoms with E-state index in [0.29, 0.717) is 6.42 Å². The van der Waals surface area contributed by atoms with Gasteiger partial charge in [-0.25, -0.2) is 13.2 Å². The van der Waals surface area contributed by atoms with Crippen LogP contribution in [-0.2, 0) is 4.74 Å². The first-order chi connectivity index (χ1) is 9.05. The molecule has 0 aliphatic heterocycles. The fraction of sp³-hybridized carbons (Fsp3) is 1.00. The summed E-state index contributed by atoms with van der Waals surface area (Å²) < 4.78 is 83.4. The van der Waals surface area contributed by atoms with Crippen LogP contribution < -0.4 is 0 Å². The van der Waals surface area contributed by atoms with Crippen molar-refractivity contribution in [2.75, 3.05) is 6.61 Å². The van der Waals surface area contributed by atoms with Crippen molar-refractivity contribution in [1.82, 2.24) is 0 Å². The van der Waals surface area contributed by atoms with Crippen molar-refractivity contribution < 1.29 is 31.1 Å². The fourth-order valence-corrected chi connectivity index (χ4v) is 2.54. The second-order valence-electron chi connectivity index (χ2n) is 5.04. The normalized spacial score (nSPS) is 34.2. The Labute approximate surface area is 118 Å². The average molecular weight is 327 g/mol. The second-order valence-corrected chi connectivity index (χ2v) is 5.60. The van der Waals surface area contributed by atoms with E-state index in [9.17, 15) is 26.3 Å². The van der Waals surface area contributed by atoms with Crippen molar-refractivity contribution >= 4 is 11.6 Å². The summed E-state index contributed by atoms with van der Waals surface area (Å²) >= 11 is 5.61. The molecule has 0 radical (unpaired) electrons. The molecule has 3 atom stereocenters. The predicted molar refractivity (Wildman–Crippen MR) is 63.0 cm³/mol. The average Bonchev–Trinajstić information content (AvgIpc) is 2.29. The molecule has 1 fully saturated rings. The van der Waals surface area contributed by atoms with E-state index in [1.165, 1.54) is 0 Å². The second kappa shape index (κ2) is 6.30. The van der Waals surface area contributed by atoms with Gasteiger partial charge in [-0.1, -0.05) is 19.8 Å². The number of ether oxygens (including phenoxy) is 1. The van der Waals surface area contributed by atoms with E-state index in [4.69, 9.17) is 16.3 Å². The molecule has 0 aromatic carbocycles. The van der Waals surface area contributed by atoms with E-state index in [-0.39, 0.29) is 6.61 Å². The summed E-state index contributed by atoms with van der Waals surface area (Å²) in [4.78, 5) is 0. The van der Waals surface area contributed by atoms with Gasteiger partial charge in [0.15, 0.2) is 0 Å². The Balaban J connectivity index is 2.72. The third-order valence-electron chi connectivity index (χ3n) is 3.45. The summed E-state index contributed by atoms with van der Waals surface area (Å²) in [5, 5.41) is -1.43. The van der Waals surface area contributed by atoms with E-state index in [1.54, 1.807) is 0 Å². The van der Waals surface area contributed by atoms with E-state index < -0.39 is 42.1 Å². The molecule has 1 aliphatic rings. The summed E-state index contributed by atoms with van der Waals surface area (Å²) in [5.41, 5.74) is -4.59. The maximum Gasteiger partial charge on any atom is 0.428 e. The molecule has 1 saturated carbocycles. The lowest BCUT2D eigenvalue weighted by molar-refractivity contribution is -0.321. The topological polar surface area (TPSA) is 9.23 Å². The molecule has 1 nitrogen and oxygen atoms in total. The third kappa shape index (κ3) is 3.53. The monoisotopic (exact) mass is 326 g/mol. The van der Waals surface area contributed by atoms with Crippen LogP contribution in [0.3, 0.4) is 0 Å².